The summed E-state index contributed by atoms with van der Waals surface area (Å²) in [6, 6.07) is 4.83. The van der Waals surface area contributed by atoms with E-state index >= 15 is 0 Å². The van der Waals surface area contributed by atoms with Crippen LogP contribution in [0, 0.1) is 0 Å². The SMILES string of the molecule is CC(C)(C)OC(=O)N1CC(F)(c2cccc(CO)n2)C1. The molecule has 1 saturated heterocycles. The van der Waals surface area contributed by atoms with Crippen molar-refractivity contribution in [1.29, 1.82) is 0 Å². The molecule has 1 aromatic rings. The summed E-state index contributed by atoms with van der Waals surface area (Å²) in [5.41, 5.74) is -1.61. The molecule has 1 fully saturated rings. The number of aliphatic hydroxyl groups excluding tert-OH is 1. The Morgan fingerprint density at radius 3 is 2.70 bits per heavy atom. The van der Waals surface area contributed by atoms with E-state index in [9.17, 15) is 9.18 Å². The van der Waals surface area contributed by atoms with Gasteiger partial charge in [-0.05, 0) is 32.9 Å². The van der Waals surface area contributed by atoms with Crippen molar-refractivity contribution in [2.75, 3.05) is 13.1 Å². The quantitative estimate of drug-likeness (QED) is 0.901. The molecule has 1 N–H and O–H groups in total. The van der Waals surface area contributed by atoms with Gasteiger partial charge < -0.3 is 14.7 Å². The first-order valence-electron chi connectivity index (χ1n) is 6.48. The number of carbonyl (C=O) groups is 1. The molecule has 6 heteroatoms. The van der Waals surface area contributed by atoms with Gasteiger partial charge in [0, 0.05) is 0 Å². The maximum absolute atomic E-state index is 14.6. The number of aromatic nitrogens is 1. The summed E-state index contributed by atoms with van der Waals surface area (Å²) in [5.74, 6) is 0. The Hall–Kier alpha value is -1.69. The van der Waals surface area contributed by atoms with Gasteiger partial charge in [0.2, 0.25) is 0 Å². The van der Waals surface area contributed by atoms with Crippen LogP contribution in [0.15, 0.2) is 18.2 Å². The largest absolute Gasteiger partial charge is 0.444 e. The fraction of sp³-hybridized carbons (Fsp3) is 0.571. The van der Waals surface area contributed by atoms with Gasteiger partial charge in [-0.1, -0.05) is 6.07 Å². The van der Waals surface area contributed by atoms with Crippen molar-refractivity contribution in [3.8, 4) is 0 Å². The molecule has 0 aromatic carbocycles. The van der Waals surface area contributed by atoms with Gasteiger partial charge in [0.15, 0.2) is 5.67 Å². The monoisotopic (exact) mass is 282 g/mol. The molecule has 110 valence electrons. The molecular formula is C14H19FN2O3. The maximum Gasteiger partial charge on any atom is 0.410 e. The predicted octanol–water partition coefficient (Wildman–Crippen LogP) is 1.99. The predicted molar refractivity (Wildman–Crippen MR) is 70.8 cm³/mol. The number of likely N-dealkylation sites (tertiary alicyclic amines) is 1. The normalized spacial score (nSPS) is 17.6. The van der Waals surface area contributed by atoms with Gasteiger partial charge in [0.25, 0.3) is 0 Å². The molecule has 20 heavy (non-hydrogen) atoms. The van der Waals surface area contributed by atoms with E-state index in [0.29, 0.717) is 5.69 Å². The summed E-state index contributed by atoms with van der Waals surface area (Å²) in [7, 11) is 0. The Labute approximate surface area is 117 Å². The molecule has 0 radical (unpaired) electrons. The van der Waals surface area contributed by atoms with E-state index in [1.54, 1.807) is 39.0 Å². The van der Waals surface area contributed by atoms with Crippen LogP contribution in [0.25, 0.3) is 0 Å². The van der Waals surface area contributed by atoms with E-state index in [0.717, 1.165) is 0 Å². The molecule has 0 saturated carbocycles. The first-order chi connectivity index (χ1) is 9.23. The molecular weight excluding hydrogens is 263 g/mol. The standard InChI is InChI=1S/C14H19FN2O3/c1-13(2,3)20-12(19)17-8-14(15,9-17)11-6-4-5-10(7-18)16-11/h4-6,18H,7-9H2,1-3H3. The highest BCUT2D eigenvalue weighted by molar-refractivity contribution is 5.69. The van der Waals surface area contributed by atoms with Crippen molar-refractivity contribution in [2.24, 2.45) is 0 Å². The number of nitrogens with zero attached hydrogens (tertiary/aromatic N) is 2. The molecule has 0 bridgehead atoms. The highest BCUT2D eigenvalue weighted by Crippen LogP contribution is 2.35. The number of ether oxygens (including phenoxy) is 1. The molecule has 0 atom stereocenters. The molecule has 1 aliphatic heterocycles. The molecule has 2 heterocycles. The van der Waals surface area contributed by atoms with Gasteiger partial charge in [-0.15, -0.1) is 0 Å². The Balaban J connectivity index is 2.01. The minimum absolute atomic E-state index is 0.0796. The average molecular weight is 282 g/mol. The number of alkyl halides is 1. The second kappa shape index (κ2) is 5.01. The van der Waals surface area contributed by atoms with Crippen molar-refractivity contribution in [1.82, 2.24) is 9.88 Å². The van der Waals surface area contributed by atoms with E-state index in [2.05, 4.69) is 4.98 Å². The number of pyridine rings is 1. The van der Waals surface area contributed by atoms with Crippen LogP contribution in [0.3, 0.4) is 0 Å². The van der Waals surface area contributed by atoms with Crippen LogP contribution in [0.1, 0.15) is 32.2 Å². The lowest BCUT2D eigenvalue weighted by Gasteiger charge is -2.44. The minimum atomic E-state index is -1.66. The maximum atomic E-state index is 14.6. The highest BCUT2D eigenvalue weighted by Gasteiger charge is 2.49. The van der Waals surface area contributed by atoms with Crippen molar-refractivity contribution in [3.63, 3.8) is 0 Å². The fourth-order valence-corrected chi connectivity index (χ4v) is 1.99. The van der Waals surface area contributed by atoms with E-state index in [1.807, 2.05) is 0 Å². The van der Waals surface area contributed by atoms with Crippen molar-refractivity contribution in [2.45, 2.75) is 38.6 Å². The summed E-state index contributed by atoms with van der Waals surface area (Å²) in [6.07, 6.45) is -0.524. The number of hydrogen-bond acceptors (Lipinski definition) is 4. The third-order valence-electron chi connectivity index (χ3n) is 2.96. The van der Waals surface area contributed by atoms with Crippen LogP contribution in [-0.4, -0.2) is 39.8 Å². The van der Waals surface area contributed by atoms with Crippen LogP contribution >= 0.6 is 0 Å². The van der Waals surface area contributed by atoms with Gasteiger partial charge in [0.05, 0.1) is 31.1 Å². The fourth-order valence-electron chi connectivity index (χ4n) is 1.99. The molecule has 1 amide bonds. The van der Waals surface area contributed by atoms with E-state index in [1.165, 1.54) is 4.90 Å². The Morgan fingerprint density at radius 1 is 1.50 bits per heavy atom. The van der Waals surface area contributed by atoms with Gasteiger partial charge in [-0.25, -0.2) is 9.18 Å². The zero-order chi connectivity index (χ0) is 15.0. The van der Waals surface area contributed by atoms with Crippen LogP contribution in [0.2, 0.25) is 0 Å². The lowest BCUT2D eigenvalue weighted by atomic mass is 9.92. The number of carbonyl (C=O) groups excluding carboxylic acids is 1. The smallest absolute Gasteiger partial charge is 0.410 e. The first kappa shape index (κ1) is 14.7. The number of amides is 1. The number of aliphatic hydroxyl groups is 1. The van der Waals surface area contributed by atoms with E-state index in [4.69, 9.17) is 9.84 Å². The zero-order valence-electron chi connectivity index (χ0n) is 11.9. The molecule has 1 aromatic heterocycles. The Bertz CT molecular complexity index is 507. The van der Waals surface area contributed by atoms with Crippen molar-refractivity contribution >= 4 is 6.09 Å². The summed E-state index contributed by atoms with van der Waals surface area (Å²) < 4.78 is 19.8. The molecule has 5 nitrogen and oxygen atoms in total. The van der Waals surface area contributed by atoms with Crippen LogP contribution in [0.5, 0.6) is 0 Å². The minimum Gasteiger partial charge on any atom is -0.444 e. The van der Waals surface area contributed by atoms with Gasteiger partial charge in [-0.3, -0.25) is 4.98 Å². The van der Waals surface area contributed by atoms with Gasteiger partial charge in [-0.2, -0.15) is 0 Å². The third kappa shape index (κ3) is 3.07. The van der Waals surface area contributed by atoms with Crippen LogP contribution < -0.4 is 0 Å². The molecule has 0 spiro atoms. The van der Waals surface area contributed by atoms with Gasteiger partial charge in [0.1, 0.15) is 5.60 Å². The topological polar surface area (TPSA) is 62.7 Å². The van der Waals surface area contributed by atoms with Crippen molar-refractivity contribution in [3.05, 3.63) is 29.6 Å². The average Bonchev–Trinajstić information content (AvgIpc) is 2.33. The summed E-state index contributed by atoms with van der Waals surface area (Å²) >= 11 is 0. The molecule has 0 aliphatic carbocycles. The van der Waals surface area contributed by atoms with E-state index < -0.39 is 17.4 Å². The number of rotatable bonds is 2. The van der Waals surface area contributed by atoms with Gasteiger partial charge >= 0.3 is 6.09 Å². The van der Waals surface area contributed by atoms with Crippen LogP contribution in [-0.2, 0) is 17.0 Å². The summed E-state index contributed by atoms with van der Waals surface area (Å²) in [6.45, 7) is 4.90. The zero-order valence-corrected chi connectivity index (χ0v) is 11.9. The Morgan fingerprint density at radius 2 is 2.15 bits per heavy atom. The van der Waals surface area contributed by atoms with E-state index in [-0.39, 0.29) is 25.4 Å². The van der Waals surface area contributed by atoms with Crippen LogP contribution in [0.4, 0.5) is 9.18 Å². The molecule has 1 aliphatic rings. The Kier molecular flexibility index (Phi) is 3.69. The van der Waals surface area contributed by atoms with Crippen molar-refractivity contribution < 1.29 is 19.0 Å². The molecule has 0 unspecified atom stereocenters. The highest BCUT2D eigenvalue weighted by atomic mass is 19.1. The third-order valence-corrected chi connectivity index (χ3v) is 2.96. The summed E-state index contributed by atoms with van der Waals surface area (Å²) in [5, 5.41) is 9.02. The molecule has 2 rings (SSSR count). The first-order valence-corrected chi connectivity index (χ1v) is 6.48. The number of hydrogen-bond donors (Lipinski definition) is 1. The summed E-state index contributed by atoms with van der Waals surface area (Å²) in [4.78, 5) is 17.1. The number of halogens is 1. The second-order valence-corrected chi connectivity index (χ2v) is 5.97. The second-order valence-electron chi connectivity index (χ2n) is 5.97. The lowest BCUT2D eigenvalue weighted by molar-refractivity contribution is -0.0558. The lowest BCUT2D eigenvalue weighted by Crippen LogP contribution is -2.60.